The lowest BCUT2D eigenvalue weighted by atomic mass is 9.99. The highest BCUT2D eigenvalue weighted by atomic mass is 16.6. The number of nitrogens with zero attached hydrogens (tertiary/aromatic N) is 1. The zero-order chi connectivity index (χ0) is 19.0. The average molecular weight is 349 g/mol. The van der Waals surface area contributed by atoms with Crippen LogP contribution in [-0.4, -0.2) is 48.0 Å². The van der Waals surface area contributed by atoms with Crippen LogP contribution in [0.25, 0.3) is 0 Å². The summed E-state index contributed by atoms with van der Waals surface area (Å²) in [6, 6.07) is 8.52. The summed E-state index contributed by atoms with van der Waals surface area (Å²) in [4.78, 5) is 37.8. The zero-order valence-corrected chi connectivity index (χ0v) is 15.6. The fourth-order valence-electron chi connectivity index (χ4n) is 2.24. The molecule has 0 heterocycles. The van der Waals surface area contributed by atoms with Crippen LogP contribution >= 0.6 is 0 Å². The Labute approximate surface area is 149 Å². The first-order valence-electron chi connectivity index (χ1n) is 8.32. The van der Waals surface area contributed by atoms with Crippen molar-refractivity contribution in [1.82, 2.24) is 4.90 Å². The number of rotatable bonds is 7. The van der Waals surface area contributed by atoms with E-state index < -0.39 is 23.7 Å². The predicted octanol–water partition coefficient (Wildman–Crippen LogP) is 2.99. The molecule has 1 aromatic carbocycles. The van der Waals surface area contributed by atoms with Gasteiger partial charge in [-0.05, 0) is 33.3 Å². The molecule has 0 unspecified atom stereocenters. The highest BCUT2D eigenvalue weighted by molar-refractivity contribution is 5.99. The minimum Gasteiger partial charge on any atom is -0.466 e. The summed E-state index contributed by atoms with van der Waals surface area (Å²) in [5.74, 6) is -0.973. The van der Waals surface area contributed by atoms with Crippen molar-refractivity contribution in [2.45, 2.75) is 52.2 Å². The molecule has 6 heteroatoms. The molecule has 0 aliphatic rings. The lowest BCUT2D eigenvalue weighted by Crippen LogP contribution is -2.46. The average Bonchev–Trinajstić information content (AvgIpc) is 2.51. The van der Waals surface area contributed by atoms with Crippen LogP contribution in [-0.2, 0) is 25.5 Å². The predicted molar refractivity (Wildman–Crippen MR) is 94.2 cm³/mol. The molecule has 1 amide bonds. The molecule has 0 aromatic heterocycles. The van der Waals surface area contributed by atoms with E-state index in [2.05, 4.69) is 0 Å². The second-order valence-electron chi connectivity index (χ2n) is 6.74. The first-order valence-corrected chi connectivity index (χ1v) is 8.32. The third-order valence-electron chi connectivity index (χ3n) is 3.42. The van der Waals surface area contributed by atoms with Crippen molar-refractivity contribution < 1.29 is 23.9 Å². The molecule has 25 heavy (non-hydrogen) atoms. The smallest absolute Gasteiger partial charge is 0.410 e. The number of esters is 1. The van der Waals surface area contributed by atoms with Crippen LogP contribution in [0.5, 0.6) is 0 Å². The number of ether oxygens (including phenoxy) is 2. The van der Waals surface area contributed by atoms with Crippen LogP contribution in [0.2, 0.25) is 0 Å². The molecule has 0 bridgehead atoms. The molecule has 6 nitrogen and oxygen atoms in total. The summed E-state index contributed by atoms with van der Waals surface area (Å²) < 4.78 is 10.2. The Morgan fingerprint density at radius 1 is 1.12 bits per heavy atom. The Bertz CT molecular complexity index is 592. The van der Waals surface area contributed by atoms with Gasteiger partial charge in [0.15, 0.2) is 5.78 Å². The fraction of sp³-hybridized carbons (Fsp3) is 0.526. The molecular weight excluding hydrogens is 322 g/mol. The number of Topliss-reactive ketones (excluding diaryl/α,β-unsaturated/α-hetero) is 1. The van der Waals surface area contributed by atoms with Gasteiger partial charge in [-0.25, -0.2) is 4.79 Å². The number of carbonyl (C=O) groups is 3. The Morgan fingerprint density at radius 2 is 1.72 bits per heavy atom. The molecule has 1 rings (SSSR count). The number of hydrogen-bond donors (Lipinski definition) is 0. The molecule has 0 saturated carbocycles. The fourth-order valence-corrected chi connectivity index (χ4v) is 2.24. The Kier molecular flexibility index (Phi) is 7.61. The maximum atomic E-state index is 12.6. The Morgan fingerprint density at radius 3 is 2.24 bits per heavy atom. The molecule has 0 N–H and O–H groups in total. The summed E-state index contributed by atoms with van der Waals surface area (Å²) in [6.07, 6.45) is -0.682. The minimum atomic E-state index is -0.804. The number of amides is 1. The molecular formula is C19H27NO5. The summed E-state index contributed by atoms with van der Waals surface area (Å²) in [6.45, 7) is 7.15. The van der Waals surface area contributed by atoms with Gasteiger partial charge in [-0.3, -0.25) is 9.59 Å². The Hall–Kier alpha value is -2.37. The van der Waals surface area contributed by atoms with Gasteiger partial charge in [-0.15, -0.1) is 0 Å². The van der Waals surface area contributed by atoms with E-state index in [1.54, 1.807) is 27.7 Å². The van der Waals surface area contributed by atoms with E-state index in [0.29, 0.717) is 6.42 Å². The number of likely N-dealkylation sites (N-methyl/N-ethyl adjacent to an activating group) is 1. The van der Waals surface area contributed by atoms with Crippen LogP contribution in [0, 0.1) is 0 Å². The van der Waals surface area contributed by atoms with E-state index in [-0.39, 0.29) is 18.8 Å². The molecule has 0 radical (unpaired) electrons. The minimum absolute atomic E-state index is 0.206. The van der Waals surface area contributed by atoms with E-state index in [0.717, 1.165) is 5.56 Å². The van der Waals surface area contributed by atoms with E-state index in [9.17, 15) is 14.4 Å². The highest BCUT2D eigenvalue weighted by Crippen LogP contribution is 2.15. The topological polar surface area (TPSA) is 72.9 Å². The van der Waals surface area contributed by atoms with Gasteiger partial charge in [0.05, 0.1) is 12.6 Å². The summed E-state index contributed by atoms with van der Waals surface area (Å²) in [5, 5.41) is 0. The molecule has 0 fully saturated rings. The number of ketones is 1. The zero-order valence-electron chi connectivity index (χ0n) is 15.6. The van der Waals surface area contributed by atoms with Gasteiger partial charge in [0.2, 0.25) is 0 Å². The largest absolute Gasteiger partial charge is 0.466 e. The number of benzene rings is 1. The van der Waals surface area contributed by atoms with Gasteiger partial charge in [0, 0.05) is 13.5 Å². The third kappa shape index (κ3) is 7.37. The summed E-state index contributed by atoms with van der Waals surface area (Å²) in [7, 11) is 1.50. The first kappa shape index (κ1) is 20.7. The first-order chi connectivity index (χ1) is 11.6. The molecule has 1 atom stereocenters. The molecule has 138 valence electrons. The highest BCUT2D eigenvalue weighted by Gasteiger charge is 2.31. The lowest BCUT2D eigenvalue weighted by Gasteiger charge is -2.30. The van der Waals surface area contributed by atoms with Crippen LogP contribution in [0.1, 0.15) is 39.7 Å². The van der Waals surface area contributed by atoms with E-state index in [1.807, 2.05) is 30.3 Å². The number of carbonyl (C=O) groups excluding carboxylic acids is 3. The summed E-state index contributed by atoms with van der Waals surface area (Å²) in [5.41, 5.74) is 0.215. The van der Waals surface area contributed by atoms with Crippen molar-refractivity contribution in [2.24, 2.45) is 0 Å². The molecule has 1 aromatic rings. The van der Waals surface area contributed by atoms with Gasteiger partial charge in [0.1, 0.15) is 12.0 Å². The lowest BCUT2D eigenvalue weighted by molar-refractivity contribution is -0.146. The number of hydrogen-bond acceptors (Lipinski definition) is 5. The second kappa shape index (κ2) is 9.20. The van der Waals surface area contributed by atoms with Crippen LogP contribution in [0.4, 0.5) is 4.79 Å². The van der Waals surface area contributed by atoms with Gasteiger partial charge < -0.3 is 14.4 Å². The Balaban J connectivity index is 2.95. The van der Waals surface area contributed by atoms with E-state index in [4.69, 9.17) is 9.47 Å². The van der Waals surface area contributed by atoms with Crippen molar-refractivity contribution in [2.75, 3.05) is 13.7 Å². The molecule has 0 spiro atoms. The van der Waals surface area contributed by atoms with Gasteiger partial charge in [-0.2, -0.15) is 0 Å². The van der Waals surface area contributed by atoms with Crippen molar-refractivity contribution in [1.29, 1.82) is 0 Å². The van der Waals surface area contributed by atoms with Crippen molar-refractivity contribution in [3.63, 3.8) is 0 Å². The maximum Gasteiger partial charge on any atom is 0.410 e. The third-order valence-corrected chi connectivity index (χ3v) is 3.42. The van der Waals surface area contributed by atoms with Crippen molar-refractivity contribution >= 4 is 17.8 Å². The standard InChI is InChI=1S/C19H27NO5/c1-6-24-17(22)13-16(21)15(12-14-10-8-7-9-11-14)20(5)18(23)25-19(2,3)4/h7-11,15H,6,12-13H2,1-5H3/t15-/m0/s1. The second-order valence-corrected chi connectivity index (χ2v) is 6.74. The van der Waals surface area contributed by atoms with Gasteiger partial charge in [0.25, 0.3) is 0 Å². The van der Waals surface area contributed by atoms with E-state index in [1.165, 1.54) is 11.9 Å². The SMILES string of the molecule is CCOC(=O)CC(=O)[C@H](Cc1ccccc1)N(C)C(=O)OC(C)(C)C. The van der Waals surface area contributed by atoms with Crippen molar-refractivity contribution in [3.8, 4) is 0 Å². The van der Waals surface area contributed by atoms with Crippen molar-refractivity contribution in [3.05, 3.63) is 35.9 Å². The molecule has 0 saturated heterocycles. The summed E-state index contributed by atoms with van der Waals surface area (Å²) >= 11 is 0. The van der Waals surface area contributed by atoms with Crippen LogP contribution < -0.4 is 0 Å². The van der Waals surface area contributed by atoms with Gasteiger partial charge in [-0.1, -0.05) is 30.3 Å². The normalized spacial score (nSPS) is 12.2. The molecule has 0 aliphatic heterocycles. The maximum absolute atomic E-state index is 12.6. The van der Waals surface area contributed by atoms with Crippen LogP contribution in [0.3, 0.4) is 0 Å². The molecule has 0 aliphatic carbocycles. The monoisotopic (exact) mass is 349 g/mol. The van der Waals surface area contributed by atoms with Crippen LogP contribution in [0.15, 0.2) is 30.3 Å². The van der Waals surface area contributed by atoms with E-state index >= 15 is 0 Å². The van der Waals surface area contributed by atoms with Gasteiger partial charge >= 0.3 is 12.1 Å². The quantitative estimate of drug-likeness (QED) is 0.559.